The Hall–Kier alpha value is -2.32. The fraction of sp³-hybridized carbons (Fsp3) is 0.789. The fourth-order valence-electron chi connectivity index (χ4n) is 2.35. The minimum absolute atomic E-state index is 0.166. The topological polar surface area (TPSA) is 134 Å². The van der Waals surface area contributed by atoms with Crippen LogP contribution < -0.4 is 16.0 Å². The summed E-state index contributed by atoms with van der Waals surface area (Å²) in [7, 11) is 0. The highest BCUT2D eigenvalue weighted by molar-refractivity contribution is 5.89. The number of hydrogen-bond donors (Lipinski definition) is 4. The van der Waals surface area contributed by atoms with Gasteiger partial charge in [0.1, 0.15) is 18.2 Å². The van der Waals surface area contributed by atoms with Gasteiger partial charge in [0.25, 0.3) is 0 Å². The summed E-state index contributed by atoms with van der Waals surface area (Å²) in [5.41, 5.74) is -0.536. The Balaban J connectivity index is 4.12. The van der Waals surface area contributed by atoms with Crippen molar-refractivity contribution in [1.29, 1.82) is 0 Å². The molecule has 28 heavy (non-hydrogen) atoms. The number of carbonyl (C=O) groups excluding carboxylic acids is 3. The number of ether oxygens (including phenoxy) is 1. The first-order valence-electron chi connectivity index (χ1n) is 9.66. The number of amides is 3. The summed E-state index contributed by atoms with van der Waals surface area (Å²) in [6, 6.07) is -0.749. The lowest BCUT2D eigenvalue weighted by molar-refractivity contribution is -0.138. The first-order chi connectivity index (χ1) is 12.9. The molecule has 0 heterocycles. The van der Waals surface area contributed by atoms with Crippen molar-refractivity contribution >= 4 is 23.9 Å². The van der Waals surface area contributed by atoms with E-state index in [1.54, 1.807) is 20.8 Å². The third-order valence-corrected chi connectivity index (χ3v) is 3.52. The maximum atomic E-state index is 12.1. The standard InChI is InChI=1S/C19H35N3O6/c1-13(2)11-14(17(26)21-12-16(24)25)22-15(23)9-7-6-8-10-20-18(27)28-19(3,4)5/h13-14H,6-12H2,1-5H3,(H,20,27)(H,21,26)(H,22,23)(H,24,25). The van der Waals surface area contributed by atoms with Gasteiger partial charge in [0.05, 0.1) is 0 Å². The smallest absolute Gasteiger partial charge is 0.407 e. The van der Waals surface area contributed by atoms with Gasteiger partial charge in [-0.15, -0.1) is 0 Å². The molecule has 0 radical (unpaired) electrons. The number of aliphatic carboxylic acids is 1. The monoisotopic (exact) mass is 401 g/mol. The van der Waals surface area contributed by atoms with E-state index >= 15 is 0 Å². The molecule has 0 spiro atoms. The van der Waals surface area contributed by atoms with Crippen molar-refractivity contribution in [3.63, 3.8) is 0 Å². The van der Waals surface area contributed by atoms with Gasteiger partial charge in [-0.25, -0.2) is 4.79 Å². The Morgan fingerprint density at radius 3 is 2.18 bits per heavy atom. The molecule has 1 unspecified atom stereocenters. The third-order valence-electron chi connectivity index (χ3n) is 3.52. The van der Waals surface area contributed by atoms with Crippen LogP contribution in [-0.2, 0) is 19.1 Å². The first-order valence-corrected chi connectivity index (χ1v) is 9.66. The van der Waals surface area contributed by atoms with E-state index in [1.807, 2.05) is 13.8 Å². The summed E-state index contributed by atoms with van der Waals surface area (Å²) in [4.78, 5) is 46.2. The lowest BCUT2D eigenvalue weighted by atomic mass is 10.0. The van der Waals surface area contributed by atoms with Crippen molar-refractivity contribution in [3.05, 3.63) is 0 Å². The van der Waals surface area contributed by atoms with Crippen LogP contribution in [0.5, 0.6) is 0 Å². The van der Waals surface area contributed by atoms with E-state index in [0.29, 0.717) is 25.8 Å². The summed E-state index contributed by atoms with van der Waals surface area (Å²) in [5, 5.41) is 16.3. The SMILES string of the molecule is CC(C)CC(NC(=O)CCCCCNC(=O)OC(C)(C)C)C(=O)NCC(=O)O. The molecular weight excluding hydrogens is 366 g/mol. The Morgan fingerprint density at radius 1 is 1.00 bits per heavy atom. The van der Waals surface area contributed by atoms with E-state index in [4.69, 9.17) is 9.84 Å². The lowest BCUT2D eigenvalue weighted by Crippen LogP contribution is -2.48. The van der Waals surface area contributed by atoms with Gasteiger partial charge in [-0.2, -0.15) is 0 Å². The summed E-state index contributed by atoms with van der Waals surface area (Å²) in [6.45, 7) is 9.19. The molecule has 0 aromatic heterocycles. The molecule has 0 bridgehead atoms. The summed E-state index contributed by atoms with van der Waals surface area (Å²) in [6.07, 6.45) is 2.29. The van der Waals surface area contributed by atoms with Gasteiger partial charge in [0.15, 0.2) is 0 Å². The Morgan fingerprint density at radius 2 is 1.64 bits per heavy atom. The first kappa shape index (κ1) is 25.7. The van der Waals surface area contributed by atoms with E-state index < -0.39 is 36.2 Å². The van der Waals surface area contributed by atoms with Crippen molar-refractivity contribution in [3.8, 4) is 0 Å². The molecule has 0 aromatic carbocycles. The van der Waals surface area contributed by atoms with E-state index in [1.165, 1.54) is 0 Å². The molecule has 4 N–H and O–H groups in total. The molecule has 3 amide bonds. The molecular formula is C19H35N3O6. The molecule has 0 aromatic rings. The number of carboxylic acids is 1. The Labute approximate surface area is 167 Å². The van der Waals surface area contributed by atoms with Crippen LogP contribution in [0, 0.1) is 5.92 Å². The molecule has 0 fully saturated rings. The summed E-state index contributed by atoms with van der Waals surface area (Å²) < 4.78 is 5.13. The summed E-state index contributed by atoms with van der Waals surface area (Å²) in [5.74, 6) is -1.72. The number of rotatable bonds is 12. The molecule has 0 aliphatic heterocycles. The second-order valence-corrected chi connectivity index (χ2v) is 8.10. The predicted molar refractivity (Wildman–Crippen MR) is 105 cm³/mol. The second-order valence-electron chi connectivity index (χ2n) is 8.10. The molecule has 0 aliphatic rings. The van der Waals surface area contributed by atoms with Crippen molar-refractivity contribution in [2.75, 3.05) is 13.1 Å². The zero-order valence-corrected chi connectivity index (χ0v) is 17.6. The van der Waals surface area contributed by atoms with Gasteiger partial charge in [-0.05, 0) is 46.0 Å². The van der Waals surface area contributed by atoms with Crippen LogP contribution >= 0.6 is 0 Å². The van der Waals surface area contributed by atoms with Gasteiger partial charge in [-0.1, -0.05) is 20.3 Å². The predicted octanol–water partition coefficient (Wildman–Crippen LogP) is 1.80. The van der Waals surface area contributed by atoms with Crippen LogP contribution in [0.3, 0.4) is 0 Å². The molecule has 0 rings (SSSR count). The van der Waals surface area contributed by atoms with E-state index in [-0.39, 0.29) is 18.2 Å². The number of carboxylic acid groups (broad SMARTS) is 1. The van der Waals surface area contributed by atoms with Crippen LogP contribution in [0.2, 0.25) is 0 Å². The molecule has 0 saturated heterocycles. The average Bonchev–Trinajstić information content (AvgIpc) is 2.53. The van der Waals surface area contributed by atoms with Crippen LogP contribution in [0.15, 0.2) is 0 Å². The molecule has 0 aliphatic carbocycles. The van der Waals surface area contributed by atoms with Gasteiger partial charge in [0.2, 0.25) is 11.8 Å². The van der Waals surface area contributed by atoms with E-state index in [2.05, 4.69) is 16.0 Å². The van der Waals surface area contributed by atoms with Gasteiger partial charge in [0, 0.05) is 13.0 Å². The van der Waals surface area contributed by atoms with Crippen LogP contribution in [-0.4, -0.2) is 53.7 Å². The van der Waals surface area contributed by atoms with E-state index in [0.717, 1.165) is 6.42 Å². The fourth-order valence-corrected chi connectivity index (χ4v) is 2.35. The third kappa shape index (κ3) is 14.8. The van der Waals surface area contributed by atoms with Crippen molar-refractivity contribution < 1.29 is 29.0 Å². The minimum atomic E-state index is -1.14. The molecule has 0 saturated carbocycles. The van der Waals surface area contributed by atoms with Crippen molar-refractivity contribution in [2.45, 2.75) is 78.4 Å². The molecule has 9 heteroatoms. The van der Waals surface area contributed by atoms with Crippen LogP contribution in [0.4, 0.5) is 4.79 Å². The number of alkyl carbamates (subject to hydrolysis) is 1. The second kappa shape index (κ2) is 13.0. The largest absolute Gasteiger partial charge is 0.480 e. The van der Waals surface area contributed by atoms with Crippen LogP contribution in [0.25, 0.3) is 0 Å². The highest BCUT2D eigenvalue weighted by Gasteiger charge is 2.22. The molecule has 1 atom stereocenters. The molecule has 162 valence electrons. The Kier molecular flexibility index (Phi) is 11.9. The maximum Gasteiger partial charge on any atom is 0.407 e. The zero-order chi connectivity index (χ0) is 21.7. The van der Waals surface area contributed by atoms with E-state index in [9.17, 15) is 19.2 Å². The highest BCUT2D eigenvalue weighted by Crippen LogP contribution is 2.08. The number of unbranched alkanes of at least 4 members (excludes halogenated alkanes) is 2. The average molecular weight is 402 g/mol. The van der Waals surface area contributed by atoms with Gasteiger partial charge >= 0.3 is 12.1 Å². The van der Waals surface area contributed by atoms with Crippen LogP contribution in [0.1, 0.15) is 66.7 Å². The Bertz CT molecular complexity index is 528. The normalized spacial score (nSPS) is 12.2. The zero-order valence-electron chi connectivity index (χ0n) is 17.6. The molecule has 9 nitrogen and oxygen atoms in total. The number of nitrogens with one attached hydrogen (secondary N) is 3. The lowest BCUT2D eigenvalue weighted by Gasteiger charge is -2.20. The van der Waals surface area contributed by atoms with Gasteiger partial charge < -0.3 is 25.8 Å². The quantitative estimate of drug-likeness (QED) is 0.369. The summed E-state index contributed by atoms with van der Waals surface area (Å²) >= 11 is 0. The maximum absolute atomic E-state index is 12.1. The number of hydrogen-bond acceptors (Lipinski definition) is 5. The minimum Gasteiger partial charge on any atom is -0.480 e. The van der Waals surface area contributed by atoms with Crippen molar-refractivity contribution in [1.82, 2.24) is 16.0 Å². The van der Waals surface area contributed by atoms with Gasteiger partial charge in [-0.3, -0.25) is 14.4 Å². The van der Waals surface area contributed by atoms with Crippen molar-refractivity contribution in [2.24, 2.45) is 5.92 Å². The number of carbonyl (C=O) groups is 4. The highest BCUT2D eigenvalue weighted by atomic mass is 16.6.